The fourth-order valence-electron chi connectivity index (χ4n) is 7.82. The second-order valence-corrected chi connectivity index (χ2v) is 19.2. The Hall–Kier alpha value is -4.68. The summed E-state index contributed by atoms with van der Waals surface area (Å²) in [4.78, 5) is 62.0. The maximum Gasteiger partial charge on any atom is 0.427 e. The second kappa shape index (κ2) is 16.1. The molecule has 1 aromatic heterocycles. The van der Waals surface area contributed by atoms with Crippen molar-refractivity contribution in [3.05, 3.63) is 42.4 Å². The van der Waals surface area contributed by atoms with Crippen LogP contribution in [0, 0.1) is 23.6 Å². The maximum absolute atomic E-state index is 14.9. The van der Waals surface area contributed by atoms with Crippen LogP contribution in [-0.4, -0.2) is 96.0 Å². The van der Waals surface area contributed by atoms with Crippen molar-refractivity contribution in [2.24, 2.45) is 17.8 Å². The normalized spacial score (nSPS) is 29.2. The molecule has 3 fully saturated rings. The minimum absolute atomic E-state index is 0.0237. The summed E-state index contributed by atoms with van der Waals surface area (Å²) in [7, 11) is -2.79. The van der Waals surface area contributed by atoms with Crippen molar-refractivity contribution in [3.63, 3.8) is 0 Å². The van der Waals surface area contributed by atoms with Gasteiger partial charge in [0.1, 0.15) is 23.7 Å². The lowest BCUT2D eigenvalue weighted by Gasteiger charge is -2.35. The number of allylic oxidation sites excluding steroid dienone is 1. The van der Waals surface area contributed by atoms with Crippen molar-refractivity contribution in [1.82, 2.24) is 25.2 Å². The van der Waals surface area contributed by atoms with Crippen LogP contribution in [0.2, 0.25) is 0 Å². The van der Waals surface area contributed by atoms with Crippen LogP contribution in [-0.2, 0) is 29.1 Å². The van der Waals surface area contributed by atoms with Crippen LogP contribution < -0.4 is 24.8 Å². The van der Waals surface area contributed by atoms with E-state index < -0.39 is 91.7 Å². The van der Waals surface area contributed by atoms with E-state index >= 15 is 0 Å². The molecule has 4 aliphatic rings. The molecule has 59 heavy (non-hydrogen) atoms. The van der Waals surface area contributed by atoms with Gasteiger partial charge in [0.25, 0.3) is 5.91 Å². The molecule has 4 amide bonds. The van der Waals surface area contributed by atoms with Gasteiger partial charge in [-0.3, -0.25) is 19.1 Å². The second-order valence-electron chi connectivity index (χ2n) is 17.0. The Morgan fingerprint density at radius 2 is 1.85 bits per heavy atom. The number of aromatic nitrogens is 1. The van der Waals surface area contributed by atoms with Crippen LogP contribution >= 0.6 is 0 Å². The predicted molar refractivity (Wildman–Crippen MR) is 206 cm³/mol. The molecule has 0 bridgehead atoms. The molecule has 6 rings (SSSR count). The van der Waals surface area contributed by atoms with Crippen LogP contribution in [0.4, 0.5) is 22.4 Å². The molecular formula is C40H51F4N5O9S. The molecule has 0 unspecified atom stereocenters. The number of benzene rings is 1. The standard InChI is InChI=1S/C40H51F4N5O9S/c1-7-23-16-22(2)10-8-9-11-25-20-39(25,35(52)48-59(54,55)38(5)13-14-38)47-32(50)29-18-26(57-33-27-19-28(41)30(56-6)17-24(27)12-15-45-33)21-49(29)34(51)31(23)46-36(53)58-37(3,4)40(42,43)44/h9,11-12,15,17,19,22-23,25-26,29,31H,7-8,10,13-14,16,18,20-21H2,1-6H3,(H,46,53)(H,47,50)(H,48,52)/b11-9-/t22-,23+,25+,26+,29-,31-,39+/m0/s1. The molecule has 3 heterocycles. The minimum Gasteiger partial charge on any atom is -0.494 e. The Balaban J connectivity index is 1.38. The van der Waals surface area contributed by atoms with Gasteiger partial charge < -0.3 is 29.7 Å². The molecule has 324 valence electrons. The van der Waals surface area contributed by atoms with E-state index in [0.29, 0.717) is 57.8 Å². The SMILES string of the molecule is CC[C@@H]1C[C@@H](C)CC/C=C\[C@@H]2C[C@@]2(C(=O)NS(=O)(=O)C2(C)CC2)NC(=O)[C@@H]2C[C@@H](Oc3nccc4cc(OC)c(F)cc34)CN2C(=O)[C@H]1NC(=O)OC(C)(C)C(F)(F)F. The van der Waals surface area contributed by atoms with Gasteiger partial charge in [-0.1, -0.05) is 32.4 Å². The highest BCUT2D eigenvalue weighted by Gasteiger charge is 2.63. The first-order valence-corrected chi connectivity index (χ1v) is 21.2. The zero-order chi connectivity index (χ0) is 43.3. The predicted octanol–water partition coefficient (Wildman–Crippen LogP) is 5.44. The van der Waals surface area contributed by atoms with E-state index in [1.807, 2.05) is 13.0 Å². The van der Waals surface area contributed by atoms with Crippen molar-refractivity contribution in [2.75, 3.05) is 13.7 Å². The highest BCUT2D eigenvalue weighted by molar-refractivity contribution is 7.91. The van der Waals surface area contributed by atoms with Gasteiger partial charge >= 0.3 is 12.3 Å². The van der Waals surface area contributed by atoms with Crippen LogP contribution in [0.5, 0.6) is 11.6 Å². The van der Waals surface area contributed by atoms with Gasteiger partial charge in [0.05, 0.1) is 18.4 Å². The van der Waals surface area contributed by atoms with Gasteiger partial charge in [-0.05, 0) is 94.7 Å². The molecule has 0 radical (unpaired) electrons. The molecule has 2 aliphatic heterocycles. The zero-order valence-electron chi connectivity index (χ0n) is 33.8. The third-order valence-electron chi connectivity index (χ3n) is 12.2. The third-order valence-corrected chi connectivity index (χ3v) is 14.3. The highest BCUT2D eigenvalue weighted by atomic mass is 32.2. The molecule has 2 aromatic rings. The van der Waals surface area contributed by atoms with Gasteiger partial charge in [-0.25, -0.2) is 22.6 Å². The number of pyridine rings is 1. The zero-order valence-corrected chi connectivity index (χ0v) is 34.6. The molecule has 3 N–H and O–H groups in total. The average molecular weight is 854 g/mol. The third kappa shape index (κ3) is 8.94. The van der Waals surface area contributed by atoms with Gasteiger partial charge in [0, 0.05) is 23.9 Å². The highest BCUT2D eigenvalue weighted by Crippen LogP contribution is 2.48. The number of nitrogens with zero attached hydrogens (tertiary/aromatic N) is 2. The van der Waals surface area contributed by atoms with Crippen LogP contribution in [0.15, 0.2) is 36.5 Å². The number of fused-ring (bicyclic) bond motifs is 3. The minimum atomic E-state index is -4.94. The van der Waals surface area contributed by atoms with Crippen LogP contribution in [0.25, 0.3) is 10.8 Å². The molecule has 2 aliphatic carbocycles. The van der Waals surface area contributed by atoms with Gasteiger partial charge in [-0.2, -0.15) is 13.2 Å². The van der Waals surface area contributed by atoms with E-state index in [0.717, 1.165) is 4.90 Å². The number of carbonyl (C=O) groups excluding carboxylic acids is 4. The lowest BCUT2D eigenvalue weighted by Crippen LogP contribution is -2.60. The lowest BCUT2D eigenvalue weighted by atomic mass is 9.85. The maximum atomic E-state index is 14.9. The molecule has 14 nitrogen and oxygen atoms in total. The van der Waals surface area contributed by atoms with Crippen molar-refractivity contribution < 1.29 is 59.4 Å². The number of ether oxygens (including phenoxy) is 3. The number of nitrogens with one attached hydrogen (secondary N) is 3. The number of hydrogen-bond donors (Lipinski definition) is 3. The van der Waals surface area contributed by atoms with Gasteiger partial charge in [0.2, 0.25) is 33.3 Å². The Morgan fingerprint density at radius 1 is 1.14 bits per heavy atom. The largest absolute Gasteiger partial charge is 0.494 e. The Kier molecular flexibility index (Phi) is 11.9. The van der Waals surface area contributed by atoms with E-state index in [4.69, 9.17) is 14.2 Å². The van der Waals surface area contributed by atoms with Crippen molar-refractivity contribution in [1.29, 1.82) is 0 Å². The first-order chi connectivity index (χ1) is 27.5. The summed E-state index contributed by atoms with van der Waals surface area (Å²) in [6, 6.07) is 1.36. The summed E-state index contributed by atoms with van der Waals surface area (Å²) in [5, 5.41) is 5.93. The number of halogens is 4. The summed E-state index contributed by atoms with van der Waals surface area (Å²) in [6.45, 7) is 6.28. The Bertz CT molecular complexity index is 2130. The molecule has 1 saturated heterocycles. The van der Waals surface area contributed by atoms with Crippen molar-refractivity contribution >= 4 is 44.6 Å². The topological polar surface area (TPSA) is 182 Å². The Labute approximate surface area is 340 Å². The van der Waals surface area contributed by atoms with Crippen LogP contribution in [0.1, 0.15) is 86.0 Å². The average Bonchev–Trinajstić information content (AvgIpc) is 4.03. The summed E-state index contributed by atoms with van der Waals surface area (Å²) in [5.74, 6) is -4.60. The Morgan fingerprint density at radius 3 is 2.49 bits per heavy atom. The fourth-order valence-corrected chi connectivity index (χ4v) is 9.13. The smallest absolute Gasteiger partial charge is 0.427 e. The van der Waals surface area contributed by atoms with E-state index in [-0.39, 0.29) is 42.3 Å². The number of hydrogen-bond acceptors (Lipinski definition) is 10. The van der Waals surface area contributed by atoms with Crippen LogP contribution in [0.3, 0.4) is 0 Å². The first kappa shape index (κ1) is 43.9. The summed E-state index contributed by atoms with van der Waals surface area (Å²) in [5.41, 5.74) is -4.60. The number of carbonyl (C=O) groups is 4. The molecule has 0 spiro atoms. The van der Waals surface area contributed by atoms with Gasteiger partial charge in [-0.15, -0.1) is 0 Å². The monoisotopic (exact) mass is 853 g/mol. The number of alkyl halides is 3. The molecule has 1 aromatic carbocycles. The number of amides is 4. The van der Waals surface area contributed by atoms with E-state index in [1.165, 1.54) is 32.4 Å². The summed E-state index contributed by atoms with van der Waals surface area (Å²) >= 11 is 0. The van der Waals surface area contributed by atoms with E-state index in [9.17, 15) is 45.2 Å². The fraction of sp³-hybridized carbons (Fsp3) is 0.625. The number of alkyl carbamates (subject to hydrolysis) is 1. The summed E-state index contributed by atoms with van der Waals surface area (Å²) < 4.78 is 99.9. The number of methoxy groups -OCH3 is 1. The van der Waals surface area contributed by atoms with Gasteiger partial charge in [0.15, 0.2) is 11.6 Å². The molecule has 19 heteroatoms. The molecular weight excluding hydrogens is 803 g/mol. The van der Waals surface area contributed by atoms with Crippen molar-refractivity contribution in [2.45, 2.75) is 126 Å². The summed E-state index contributed by atoms with van der Waals surface area (Å²) in [6.07, 6.45) is -0.0192. The number of sulfonamides is 1. The molecule has 2 saturated carbocycles. The number of rotatable bonds is 9. The first-order valence-electron chi connectivity index (χ1n) is 19.8. The van der Waals surface area contributed by atoms with Crippen molar-refractivity contribution in [3.8, 4) is 11.6 Å². The quantitative estimate of drug-likeness (QED) is 0.217. The molecule has 7 atom stereocenters. The van der Waals surface area contributed by atoms with E-state index in [2.05, 4.69) is 20.3 Å². The van der Waals surface area contributed by atoms with E-state index in [1.54, 1.807) is 19.1 Å². The lowest BCUT2D eigenvalue weighted by molar-refractivity contribution is -0.244.